The first-order chi connectivity index (χ1) is 13.4. The Hall–Kier alpha value is -3.04. The Bertz CT molecular complexity index is 1060. The van der Waals surface area contributed by atoms with Gasteiger partial charge in [0.1, 0.15) is 18.2 Å². The fraction of sp³-hybridized carbons (Fsp3) is 0.222. The molecule has 27 heavy (non-hydrogen) atoms. The molecule has 0 radical (unpaired) electrons. The largest absolute Gasteiger partial charge is 0.486 e. The number of nitrogens with one attached hydrogen (secondary N) is 1. The molecule has 4 aromatic rings. The minimum Gasteiger partial charge on any atom is -0.486 e. The molecule has 1 aromatic carbocycles. The molecule has 3 aromatic heterocycles. The fourth-order valence-corrected chi connectivity index (χ4v) is 3.74. The maximum absolute atomic E-state index is 6.19. The lowest BCUT2D eigenvalue weighted by Crippen LogP contribution is -2.16. The van der Waals surface area contributed by atoms with Crippen molar-refractivity contribution in [3.63, 3.8) is 0 Å². The first-order valence-corrected chi connectivity index (χ1v) is 9.35. The van der Waals surface area contributed by atoms with Gasteiger partial charge in [0.2, 0.25) is 0 Å². The molecule has 1 aliphatic rings. The number of fused-ring (bicyclic) bond motifs is 1. The summed E-state index contributed by atoms with van der Waals surface area (Å²) in [6.07, 6.45) is 3.79. The van der Waals surface area contributed by atoms with Gasteiger partial charge in [-0.25, -0.2) is 9.97 Å². The van der Waals surface area contributed by atoms with E-state index in [2.05, 4.69) is 25.4 Å². The lowest BCUT2D eigenvalue weighted by atomic mass is 10.1. The van der Waals surface area contributed by atoms with Crippen LogP contribution >= 0.6 is 11.3 Å². The van der Waals surface area contributed by atoms with Gasteiger partial charge in [0.25, 0.3) is 5.89 Å². The molecule has 0 aliphatic carbocycles. The van der Waals surface area contributed by atoms with Crippen molar-refractivity contribution in [1.29, 1.82) is 0 Å². The fourth-order valence-electron chi connectivity index (χ4n) is 2.95. The van der Waals surface area contributed by atoms with Crippen molar-refractivity contribution in [3.05, 3.63) is 42.3 Å². The van der Waals surface area contributed by atoms with Gasteiger partial charge in [0.15, 0.2) is 12.1 Å². The van der Waals surface area contributed by atoms with Gasteiger partial charge in [-0.2, -0.15) is 4.98 Å². The number of benzene rings is 1. The number of thiophene rings is 1. The molecule has 1 unspecified atom stereocenters. The molecule has 136 valence electrons. The highest BCUT2D eigenvalue weighted by atomic mass is 32.1. The van der Waals surface area contributed by atoms with Crippen LogP contribution in [0.4, 0.5) is 11.5 Å². The zero-order chi connectivity index (χ0) is 18.1. The number of aromatic nitrogens is 4. The van der Waals surface area contributed by atoms with Crippen molar-refractivity contribution < 1.29 is 14.0 Å². The molecular weight excluding hydrogens is 366 g/mol. The first kappa shape index (κ1) is 16.2. The number of rotatable bonds is 5. The van der Waals surface area contributed by atoms with Crippen molar-refractivity contribution in [2.75, 3.05) is 18.5 Å². The van der Waals surface area contributed by atoms with Crippen LogP contribution in [-0.4, -0.2) is 39.4 Å². The van der Waals surface area contributed by atoms with Gasteiger partial charge in [-0.05, 0) is 29.6 Å². The minimum atomic E-state index is 0.00985. The molecule has 5 rings (SSSR count). The summed E-state index contributed by atoms with van der Waals surface area (Å²) in [6, 6.07) is 7.69. The standard InChI is InChI=1S/C18H15N5O3S/c1-2-13(23-17-16-14(4-6-27-16)19-9-20-17)15(25-12-3-5-24-8-12)7-11(1)18-21-10-22-26-18/h1-2,4,6-7,9-10,12H,3,5,8H2,(H,19,20,23). The van der Waals surface area contributed by atoms with Gasteiger partial charge in [0, 0.05) is 12.0 Å². The predicted molar refractivity (Wildman–Crippen MR) is 100 cm³/mol. The van der Waals surface area contributed by atoms with Crippen molar-refractivity contribution in [2.45, 2.75) is 12.5 Å². The van der Waals surface area contributed by atoms with Crippen LogP contribution in [-0.2, 0) is 4.74 Å². The van der Waals surface area contributed by atoms with Gasteiger partial charge in [-0.15, -0.1) is 11.3 Å². The van der Waals surface area contributed by atoms with E-state index < -0.39 is 0 Å². The Morgan fingerprint density at radius 1 is 1.15 bits per heavy atom. The third-order valence-corrected chi connectivity index (χ3v) is 5.18. The van der Waals surface area contributed by atoms with E-state index in [0.29, 0.717) is 24.9 Å². The normalized spacial score (nSPS) is 16.7. The second kappa shape index (κ2) is 6.93. The highest BCUT2D eigenvalue weighted by molar-refractivity contribution is 7.17. The van der Waals surface area contributed by atoms with Crippen molar-refractivity contribution in [2.24, 2.45) is 0 Å². The van der Waals surface area contributed by atoms with Gasteiger partial charge >= 0.3 is 0 Å². The molecule has 0 amide bonds. The van der Waals surface area contributed by atoms with E-state index >= 15 is 0 Å². The zero-order valence-corrected chi connectivity index (χ0v) is 15.0. The van der Waals surface area contributed by atoms with E-state index in [4.69, 9.17) is 14.0 Å². The Kier molecular flexibility index (Phi) is 4.15. The first-order valence-electron chi connectivity index (χ1n) is 8.47. The van der Waals surface area contributed by atoms with Gasteiger partial charge in [0.05, 0.1) is 29.1 Å². The average molecular weight is 381 g/mol. The van der Waals surface area contributed by atoms with Crippen molar-refractivity contribution >= 4 is 33.1 Å². The number of ether oxygens (including phenoxy) is 2. The van der Waals surface area contributed by atoms with E-state index in [9.17, 15) is 0 Å². The van der Waals surface area contributed by atoms with Crippen LogP contribution in [0.5, 0.6) is 5.75 Å². The smallest absolute Gasteiger partial charge is 0.257 e. The monoisotopic (exact) mass is 381 g/mol. The third kappa shape index (κ3) is 3.22. The van der Waals surface area contributed by atoms with Gasteiger partial charge in [-0.3, -0.25) is 0 Å². The van der Waals surface area contributed by atoms with Crippen molar-refractivity contribution in [1.82, 2.24) is 20.1 Å². The van der Waals surface area contributed by atoms with Crippen LogP contribution in [0.1, 0.15) is 6.42 Å². The molecule has 9 heteroatoms. The van der Waals surface area contributed by atoms with Crippen LogP contribution in [0, 0.1) is 0 Å². The maximum Gasteiger partial charge on any atom is 0.257 e. The number of hydrogen-bond acceptors (Lipinski definition) is 9. The van der Waals surface area contributed by atoms with E-state index in [1.165, 1.54) is 6.33 Å². The SMILES string of the molecule is c1noc(-c2ccc(Nc3ncnc4ccsc34)c(OC3CCOC3)c2)n1. The van der Waals surface area contributed by atoms with E-state index in [0.717, 1.165) is 33.7 Å². The molecule has 1 saturated heterocycles. The van der Waals surface area contributed by atoms with E-state index in [1.807, 2.05) is 29.6 Å². The van der Waals surface area contributed by atoms with Gasteiger partial charge < -0.3 is 19.3 Å². The number of hydrogen-bond donors (Lipinski definition) is 1. The molecule has 1 aliphatic heterocycles. The van der Waals surface area contributed by atoms with Crippen molar-refractivity contribution in [3.8, 4) is 17.2 Å². The molecular formula is C18H15N5O3S. The molecule has 0 bridgehead atoms. The molecule has 1 N–H and O–H groups in total. The summed E-state index contributed by atoms with van der Waals surface area (Å²) in [4.78, 5) is 12.8. The number of anilines is 2. The van der Waals surface area contributed by atoms with Crippen LogP contribution in [0.2, 0.25) is 0 Å². The summed E-state index contributed by atoms with van der Waals surface area (Å²) in [5, 5.41) is 9.04. The molecule has 4 heterocycles. The topological polar surface area (TPSA) is 95.2 Å². The Morgan fingerprint density at radius 2 is 2.15 bits per heavy atom. The summed E-state index contributed by atoms with van der Waals surface area (Å²) in [5.74, 6) is 1.87. The highest BCUT2D eigenvalue weighted by Gasteiger charge is 2.20. The summed E-state index contributed by atoms with van der Waals surface area (Å²) in [7, 11) is 0. The van der Waals surface area contributed by atoms with E-state index in [-0.39, 0.29) is 6.10 Å². The molecule has 0 saturated carbocycles. The lowest BCUT2D eigenvalue weighted by Gasteiger charge is -2.17. The van der Waals surface area contributed by atoms with Crippen LogP contribution in [0.15, 0.2) is 46.8 Å². The lowest BCUT2D eigenvalue weighted by molar-refractivity contribution is 0.142. The summed E-state index contributed by atoms with van der Waals surface area (Å²) in [6.45, 7) is 1.28. The highest BCUT2D eigenvalue weighted by Crippen LogP contribution is 2.35. The third-order valence-electron chi connectivity index (χ3n) is 4.27. The second-order valence-corrected chi connectivity index (χ2v) is 6.96. The summed E-state index contributed by atoms with van der Waals surface area (Å²) >= 11 is 1.59. The van der Waals surface area contributed by atoms with Crippen LogP contribution < -0.4 is 10.1 Å². The quantitative estimate of drug-likeness (QED) is 0.560. The van der Waals surface area contributed by atoms with Gasteiger partial charge in [-0.1, -0.05) is 5.16 Å². The van der Waals surface area contributed by atoms with Crippen LogP contribution in [0.25, 0.3) is 21.7 Å². The van der Waals surface area contributed by atoms with Crippen LogP contribution in [0.3, 0.4) is 0 Å². The summed E-state index contributed by atoms with van der Waals surface area (Å²) < 4.78 is 17.8. The molecule has 1 fully saturated rings. The zero-order valence-electron chi connectivity index (χ0n) is 14.2. The predicted octanol–water partition coefficient (Wildman–Crippen LogP) is 3.65. The Labute approximate surface area is 158 Å². The molecule has 0 spiro atoms. The Morgan fingerprint density at radius 3 is 3.00 bits per heavy atom. The minimum absolute atomic E-state index is 0.00985. The number of nitrogens with zero attached hydrogens (tertiary/aromatic N) is 4. The second-order valence-electron chi connectivity index (χ2n) is 6.04. The van der Waals surface area contributed by atoms with E-state index in [1.54, 1.807) is 17.7 Å². The average Bonchev–Trinajstić information content (AvgIpc) is 3.46. The maximum atomic E-state index is 6.19. The Balaban J connectivity index is 1.52. The molecule has 1 atom stereocenters. The summed E-state index contributed by atoms with van der Waals surface area (Å²) in [5.41, 5.74) is 2.50. The molecule has 8 nitrogen and oxygen atoms in total.